The average Bonchev–Trinajstić information content (AvgIpc) is 3.18. The van der Waals surface area contributed by atoms with Crippen molar-refractivity contribution in [3.63, 3.8) is 0 Å². The molecule has 0 spiro atoms. The topological polar surface area (TPSA) is 20.3 Å². The van der Waals surface area contributed by atoms with Gasteiger partial charge in [-0.25, -0.2) is 0 Å². The summed E-state index contributed by atoms with van der Waals surface area (Å²) in [5, 5.41) is 0. The van der Waals surface area contributed by atoms with E-state index in [0.29, 0.717) is 0 Å². The second-order valence-electron chi connectivity index (χ2n) is 11.3. The summed E-state index contributed by atoms with van der Waals surface area (Å²) in [7, 11) is 0. The van der Waals surface area contributed by atoms with Gasteiger partial charge < -0.3 is 4.90 Å². The Labute approximate surface area is 195 Å². The van der Waals surface area contributed by atoms with Gasteiger partial charge in [-0.05, 0) is 58.4 Å². The molecule has 2 atom stereocenters. The molecule has 2 heteroatoms. The molecular weight excluding hydrogens is 390 g/mol. The van der Waals surface area contributed by atoms with Crippen molar-refractivity contribution in [2.45, 2.75) is 97.1 Å². The number of carbonyl (C=O) groups is 1. The Hall–Kier alpha value is -2.35. The van der Waals surface area contributed by atoms with Crippen LogP contribution in [0.15, 0.2) is 60.7 Å². The maximum Gasteiger partial charge on any atom is 0.247 e. The van der Waals surface area contributed by atoms with Crippen LogP contribution in [0.5, 0.6) is 0 Å². The first-order chi connectivity index (χ1) is 15.0. The van der Waals surface area contributed by atoms with Crippen LogP contribution in [0.4, 0.5) is 0 Å². The molecular formula is C30H41NO. The van der Waals surface area contributed by atoms with Gasteiger partial charge in [0.1, 0.15) is 0 Å². The van der Waals surface area contributed by atoms with Gasteiger partial charge in [-0.1, -0.05) is 109 Å². The minimum Gasteiger partial charge on any atom is -0.325 e. The third-order valence-electron chi connectivity index (χ3n) is 6.68. The summed E-state index contributed by atoms with van der Waals surface area (Å²) in [6.45, 7) is 15.6. The number of hydrogen-bond acceptors (Lipinski definition) is 1. The quantitative estimate of drug-likeness (QED) is 0.439. The van der Waals surface area contributed by atoms with E-state index in [9.17, 15) is 4.79 Å². The van der Waals surface area contributed by atoms with Crippen LogP contribution in [0.1, 0.15) is 108 Å². The minimum atomic E-state index is 0.120. The average molecular weight is 432 g/mol. The van der Waals surface area contributed by atoms with Crippen LogP contribution in [-0.2, 0) is 15.6 Å². The SMILES string of the molecule is CCC/C=C/C(=O)N1[C@H](c2ccc(C(C)(C)C)cc2)CC[C@H]1c1ccc(C(C)(C)C)cc1. The van der Waals surface area contributed by atoms with Crippen molar-refractivity contribution in [1.29, 1.82) is 0 Å². The van der Waals surface area contributed by atoms with Crippen molar-refractivity contribution in [1.82, 2.24) is 4.90 Å². The van der Waals surface area contributed by atoms with E-state index in [1.54, 1.807) is 6.08 Å². The van der Waals surface area contributed by atoms with Crippen molar-refractivity contribution in [2.24, 2.45) is 0 Å². The smallest absolute Gasteiger partial charge is 0.247 e. The van der Waals surface area contributed by atoms with E-state index in [1.807, 2.05) is 6.08 Å². The molecule has 0 bridgehead atoms. The largest absolute Gasteiger partial charge is 0.325 e. The summed E-state index contributed by atoms with van der Waals surface area (Å²) in [5.41, 5.74) is 5.39. The van der Waals surface area contributed by atoms with E-state index in [0.717, 1.165) is 25.7 Å². The van der Waals surface area contributed by atoms with E-state index in [4.69, 9.17) is 0 Å². The highest BCUT2D eigenvalue weighted by Gasteiger charge is 2.37. The first-order valence-corrected chi connectivity index (χ1v) is 12.2. The maximum absolute atomic E-state index is 13.4. The number of likely N-dealkylation sites (tertiary alicyclic amines) is 1. The van der Waals surface area contributed by atoms with Gasteiger partial charge in [0.25, 0.3) is 0 Å². The number of unbranched alkanes of at least 4 members (excludes halogenated alkanes) is 1. The molecule has 0 radical (unpaired) electrons. The van der Waals surface area contributed by atoms with Crippen LogP contribution in [0.3, 0.4) is 0 Å². The van der Waals surface area contributed by atoms with Crippen molar-refractivity contribution in [2.75, 3.05) is 0 Å². The zero-order chi connectivity index (χ0) is 23.5. The Balaban J connectivity index is 1.93. The fraction of sp³-hybridized carbons (Fsp3) is 0.500. The first kappa shape index (κ1) is 24.3. The molecule has 2 nitrogen and oxygen atoms in total. The van der Waals surface area contributed by atoms with Gasteiger partial charge in [0.05, 0.1) is 12.1 Å². The summed E-state index contributed by atoms with van der Waals surface area (Å²) >= 11 is 0. The standard InChI is InChI=1S/C30H41NO/c1-8-9-10-11-28(32)31-26(22-12-16-24(17-13-22)29(2,3)4)20-21-27(31)23-14-18-25(19-15-23)30(5,6)7/h10-19,26-27H,8-9,20-21H2,1-7H3/b11-10+/t26-,27-/m0/s1. The molecule has 1 fully saturated rings. The predicted octanol–water partition coefficient (Wildman–Crippen LogP) is 8.04. The highest BCUT2D eigenvalue weighted by atomic mass is 16.2. The lowest BCUT2D eigenvalue weighted by atomic mass is 9.86. The fourth-order valence-corrected chi connectivity index (χ4v) is 4.62. The molecule has 0 N–H and O–H groups in total. The van der Waals surface area contributed by atoms with Crippen molar-refractivity contribution in [3.8, 4) is 0 Å². The Bertz CT molecular complexity index is 857. The normalized spacial score (nSPS) is 19.7. The van der Waals surface area contributed by atoms with Crippen LogP contribution in [0, 0.1) is 0 Å². The molecule has 1 aliphatic heterocycles. The van der Waals surface area contributed by atoms with Crippen LogP contribution >= 0.6 is 0 Å². The second kappa shape index (κ2) is 9.65. The molecule has 1 aliphatic rings. The van der Waals surface area contributed by atoms with E-state index < -0.39 is 0 Å². The molecule has 2 aromatic rings. The zero-order valence-corrected chi connectivity index (χ0v) is 21.1. The lowest BCUT2D eigenvalue weighted by Gasteiger charge is -2.31. The van der Waals surface area contributed by atoms with E-state index in [1.165, 1.54) is 22.3 Å². The molecule has 2 aromatic carbocycles. The predicted molar refractivity (Wildman–Crippen MR) is 136 cm³/mol. The molecule has 32 heavy (non-hydrogen) atoms. The summed E-state index contributed by atoms with van der Waals surface area (Å²) in [4.78, 5) is 15.5. The van der Waals surface area contributed by atoms with E-state index >= 15 is 0 Å². The molecule has 0 aliphatic carbocycles. The molecule has 0 unspecified atom stereocenters. The number of allylic oxidation sites excluding steroid dienone is 1. The monoisotopic (exact) mass is 431 g/mol. The summed E-state index contributed by atoms with van der Waals surface area (Å²) in [6, 6.07) is 18.1. The van der Waals surface area contributed by atoms with Crippen LogP contribution in [0.2, 0.25) is 0 Å². The first-order valence-electron chi connectivity index (χ1n) is 12.2. The molecule has 3 rings (SSSR count). The van der Waals surface area contributed by atoms with Gasteiger partial charge in [0.15, 0.2) is 0 Å². The van der Waals surface area contributed by atoms with Crippen LogP contribution in [-0.4, -0.2) is 10.8 Å². The van der Waals surface area contributed by atoms with Gasteiger partial charge in [0, 0.05) is 0 Å². The van der Waals surface area contributed by atoms with Gasteiger partial charge in [-0.15, -0.1) is 0 Å². The number of hydrogen-bond donors (Lipinski definition) is 0. The Kier molecular flexibility index (Phi) is 7.32. The Morgan fingerprint density at radius 3 is 1.56 bits per heavy atom. The highest BCUT2D eigenvalue weighted by Crippen LogP contribution is 2.44. The summed E-state index contributed by atoms with van der Waals surface area (Å²) in [5.74, 6) is 0.130. The van der Waals surface area contributed by atoms with Crippen molar-refractivity contribution < 1.29 is 4.79 Å². The molecule has 1 amide bonds. The third-order valence-corrected chi connectivity index (χ3v) is 6.68. The fourth-order valence-electron chi connectivity index (χ4n) is 4.62. The molecule has 172 valence electrons. The number of nitrogens with zero attached hydrogens (tertiary/aromatic N) is 1. The van der Waals surface area contributed by atoms with E-state index in [2.05, 4.69) is 102 Å². The summed E-state index contributed by atoms with van der Waals surface area (Å²) < 4.78 is 0. The Morgan fingerprint density at radius 2 is 1.22 bits per heavy atom. The molecule has 0 saturated carbocycles. The van der Waals surface area contributed by atoms with Gasteiger partial charge in [-0.2, -0.15) is 0 Å². The highest BCUT2D eigenvalue weighted by molar-refractivity contribution is 5.88. The number of benzene rings is 2. The molecule has 1 saturated heterocycles. The van der Waals surface area contributed by atoms with E-state index in [-0.39, 0.29) is 28.8 Å². The molecule has 0 aromatic heterocycles. The second-order valence-corrected chi connectivity index (χ2v) is 11.3. The number of amides is 1. The maximum atomic E-state index is 13.4. The van der Waals surface area contributed by atoms with Crippen LogP contribution < -0.4 is 0 Å². The van der Waals surface area contributed by atoms with Gasteiger partial charge >= 0.3 is 0 Å². The lowest BCUT2D eigenvalue weighted by molar-refractivity contribution is -0.129. The minimum absolute atomic E-state index is 0.120. The van der Waals surface area contributed by atoms with Gasteiger partial charge in [0.2, 0.25) is 5.91 Å². The Morgan fingerprint density at radius 1 is 0.812 bits per heavy atom. The number of rotatable bonds is 5. The third kappa shape index (κ3) is 5.52. The van der Waals surface area contributed by atoms with Crippen molar-refractivity contribution in [3.05, 3.63) is 82.9 Å². The number of carbonyl (C=O) groups excluding carboxylic acids is 1. The zero-order valence-electron chi connectivity index (χ0n) is 21.1. The van der Waals surface area contributed by atoms with Crippen molar-refractivity contribution >= 4 is 5.91 Å². The van der Waals surface area contributed by atoms with Crippen LogP contribution in [0.25, 0.3) is 0 Å². The van der Waals surface area contributed by atoms with Gasteiger partial charge in [-0.3, -0.25) is 4.79 Å². The lowest BCUT2D eigenvalue weighted by Crippen LogP contribution is -2.31. The summed E-state index contributed by atoms with van der Waals surface area (Å²) in [6.07, 6.45) is 7.80. The molecule has 1 heterocycles.